The molecule has 3 heterocycles. The minimum atomic E-state index is 0.231. The Kier molecular flexibility index (Phi) is 5.00. The lowest BCUT2D eigenvalue weighted by molar-refractivity contribution is 0.0508. The van der Waals surface area contributed by atoms with E-state index in [1.54, 1.807) is 0 Å². The van der Waals surface area contributed by atoms with Gasteiger partial charge in [-0.25, -0.2) is 0 Å². The number of hydrogen-bond donors (Lipinski definition) is 0. The van der Waals surface area contributed by atoms with Gasteiger partial charge in [-0.3, -0.25) is 14.6 Å². The summed E-state index contributed by atoms with van der Waals surface area (Å²) in [6.07, 6.45) is 3.06. The minimum Gasteiger partial charge on any atom is -0.380 e. The van der Waals surface area contributed by atoms with E-state index in [1.807, 2.05) is 12.3 Å². The number of hydrogen-bond acceptors (Lipinski definition) is 4. The van der Waals surface area contributed by atoms with Gasteiger partial charge in [0.05, 0.1) is 35.8 Å². The number of fused-ring (bicyclic) bond motifs is 2. The molecule has 5 nitrogen and oxygen atoms in total. The monoisotopic (exact) mass is 350 g/mol. The summed E-state index contributed by atoms with van der Waals surface area (Å²) in [6, 6.07) is 12.8. The Morgan fingerprint density at radius 1 is 1.15 bits per heavy atom. The average Bonchev–Trinajstić information content (AvgIpc) is 3.10. The predicted molar refractivity (Wildman–Crippen MR) is 103 cm³/mol. The van der Waals surface area contributed by atoms with E-state index in [1.165, 1.54) is 16.6 Å². The second-order valence-corrected chi connectivity index (χ2v) is 6.76. The van der Waals surface area contributed by atoms with E-state index in [0.29, 0.717) is 6.61 Å². The largest absolute Gasteiger partial charge is 0.380 e. The van der Waals surface area contributed by atoms with Gasteiger partial charge in [-0.1, -0.05) is 24.3 Å². The van der Waals surface area contributed by atoms with Gasteiger partial charge in [0.15, 0.2) is 0 Å². The lowest BCUT2D eigenvalue weighted by Crippen LogP contribution is -2.38. The van der Waals surface area contributed by atoms with E-state index in [0.717, 1.165) is 43.9 Å². The first-order chi connectivity index (χ1) is 12.8. The van der Waals surface area contributed by atoms with Crippen LogP contribution in [0.2, 0.25) is 0 Å². The Morgan fingerprint density at radius 3 is 2.88 bits per heavy atom. The number of benzene rings is 1. The molecule has 4 rings (SSSR count). The zero-order valence-electron chi connectivity index (χ0n) is 15.6. The first-order valence-corrected chi connectivity index (χ1v) is 9.51. The van der Waals surface area contributed by atoms with Gasteiger partial charge in [-0.15, -0.1) is 0 Å². The number of ether oxygens (including phenoxy) is 1. The number of pyridine rings is 1. The summed E-state index contributed by atoms with van der Waals surface area (Å²) in [4.78, 5) is 7.35. The lowest BCUT2D eigenvalue weighted by atomic mass is 9.99. The van der Waals surface area contributed by atoms with Gasteiger partial charge >= 0.3 is 0 Å². The zero-order valence-corrected chi connectivity index (χ0v) is 15.6. The molecule has 0 radical (unpaired) electrons. The topological polar surface area (TPSA) is 43.2 Å². The quantitative estimate of drug-likeness (QED) is 0.681. The van der Waals surface area contributed by atoms with Crippen molar-refractivity contribution in [3.05, 3.63) is 59.5 Å². The van der Waals surface area contributed by atoms with Crippen LogP contribution in [0.15, 0.2) is 42.6 Å². The second-order valence-electron chi connectivity index (χ2n) is 6.76. The van der Waals surface area contributed by atoms with Crippen molar-refractivity contribution in [1.29, 1.82) is 0 Å². The van der Waals surface area contributed by atoms with Crippen molar-refractivity contribution in [1.82, 2.24) is 19.7 Å². The standard InChI is InChI=1S/C21H26N4O/c1-3-25-21-17(13-22-25)11-12-24(20(21)15-26-4-2)14-18-10-9-16-7-5-6-8-19(16)23-18/h5-10,13,20H,3-4,11-12,14-15H2,1-2H3. The SMILES string of the molecule is CCOCC1c2c(cnn2CC)CCN1Cc1ccc2ccccc2n1. The van der Waals surface area contributed by atoms with Gasteiger partial charge in [0, 0.05) is 31.6 Å². The van der Waals surface area contributed by atoms with Crippen LogP contribution in [-0.2, 0) is 24.2 Å². The molecule has 0 amide bonds. The molecule has 0 N–H and O–H groups in total. The molecular weight excluding hydrogens is 324 g/mol. The van der Waals surface area contributed by atoms with Crippen molar-refractivity contribution in [2.24, 2.45) is 0 Å². The fourth-order valence-corrected chi connectivity index (χ4v) is 3.86. The maximum atomic E-state index is 5.83. The summed E-state index contributed by atoms with van der Waals surface area (Å²) < 4.78 is 7.96. The Hall–Kier alpha value is -2.24. The number of rotatable bonds is 6. The molecule has 0 bridgehead atoms. The number of para-hydroxylation sites is 1. The maximum absolute atomic E-state index is 5.83. The van der Waals surface area contributed by atoms with Gasteiger partial charge in [0.1, 0.15) is 0 Å². The highest BCUT2D eigenvalue weighted by atomic mass is 16.5. The zero-order chi connectivity index (χ0) is 17.9. The molecule has 1 unspecified atom stereocenters. The Morgan fingerprint density at radius 2 is 2.04 bits per heavy atom. The molecule has 0 saturated heterocycles. The van der Waals surface area contributed by atoms with Crippen LogP contribution >= 0.6 is 0 Å². The van der Waals surface area contributed by atoms with Gasteiger partial charge < -0.3 is 4.74 Å². The van der Waals surface area contributed by atoms with E-state index < -0.39 is 0 Å². The summed E-state index contributed by atoms with van der Waals surface area (Å²) in [7, 11) is 0. The lowest BCUT2D eigenvalue weighted by Gasteiger charge is -2.36. The number of nitrogens with zero attached hydrogens (tertiary/aromatic N) is 4. The molecule has 26 heavy (non-hydrogen) atoms. The Bertz CT molecular complexity index is 875. The predicted octanol–water partition coefficient (Wildman–Crippen LogP) is 3.59. The van der Waals surface area contributed by atoms with Crippen LogP contribution in [0.3, 0.4) is 0 Å². The highest BCUT2D eigenvalue weighted by molar-refractivity contribution is 5.78. The van der Waals surface area contributed by atoms with Crippen LogP contribution in [0.1, 0.15) is 36.8 Å². The average molecular weight is 350 g/mol. The highest BCUT2D eigenvalue weighted by Crippen LogP contribution is 2.31. The molecule has 3 aromatic rings. The number of aryl methyl sites for hydroxylation is 1. The van der Waals surface area contributed by atoms with Crippen LogP contribution in [0.25, 0.3) is 10.9 Å². The summed E-state index contributed by atoms with van der Waals surface area (Å²) in [5.74, 6) is 0. The third-order valence-corrected chi connectivity index (χ3v) is 5.19. The van der Waals surface area contributed by atoms with Gasteiger partial charge in [-0.2, -0.15) is 5.10 Å². The van der Waals surface area contributed by atoms with Crippen molar-refractivity contribution in [3.8, 4) is 0 Å². The van der Waals surface area contributed by atoms with Crippen molar-refractivity contribution in [2.75, 3.05) is 19.8 Å². The van der Waals surface area contributed by atoms with Gasteiger partial charge in [0.2, 0.25) is 0 Å². The molecule has 0 saturated carbocycles. The molecule has 1 aromatic carbocycles. The van der Waals surface area contributed by atoms with Crippen molar-refractivity contribution in [3.63, 3.8) is 0 Å². The summed E-state index contributed by atoms with van der Waals surface area (Å²) in [6.45, 7) is 8.35. The van der Waals surface area contributed by atoms with Crippen LogP contribution in [0, 0.1) is 0 Å². The smallest absolute Gasteiger partial charge is 0.0760 e. The normalized spacial score (nSPS) is 17.5. The van der Waals surface area contributed by atoms with Crippen molar-refractivity contribution in [2.45, 2.75) is 39.4 Å². The fourth-order valence-electron chi connectivity index (χ4n) is 3.86. The first-order valence-electron chi connectivity index (χ1n) is 9.51. The van der Waals surface area contributed by atoms with E-state index in [-0.39, 0.29) is 6.04 Å². The maximum Gasteiger partial charge on any atom is 0.0760 e. The van der Waals surface area contributed by atoms with E-state index in [9.17, 15) is 0 Å². The van der Waals surface area contributed by atoms with Crippen LogP contribution < -0.4 is 0 Å². The molecule has 0 spiro atoms. The van der Waals surface area contributed by atoms with E-state index in [2.05, 4.69) is 58.9 Å². The van der Waals surface area contributed by atoms with E-state index >= 15 is 0 Å². The van der Waals surface area contributed by atoms with Crippen LogP contribution in [-0.4, -0.2) is 39.4 Å². The van der Waals surface area contributed by atoms with Crippen LogP contribution in [0.5, 0.6) is 0 Å². The van der Waals surface area contributed by atoms with Crippen molar-refractivity contribution >= 4 is 10.9 Å². The molecule has 2 aromatic heterocycles. The summed E-state index contributed by atoms with van der Waals surface area (Å²) >= 11 is 0. The van der Waals surface area contributed by atoms with Gasteiger partial charge in [-0.05, 0) is 38.0 Å². The van der Waals surface area contributed by atoms with Crippen molar-refractivity contribution < 1.29 is 4.74 Å². The third-order valence-electron chi connectivity index (χ3n) is 5.19. The fraction of sp³-hybridized carbons (Fsp3) is 0.429. The summed E-state index contributed by atoms with van der Waals surface area (Å²) in [5, 5.41) is 5.76. The molecule has 1 atom stereocenters. The Labute approximate surface area is 154 Å². The molecule has 1 aliphatic rings. The van der Waals surface area contributed by atoms with Crippen LogP contribution in [0.4, 0.5) is 0 Å². The highest BCUT2D eigenvalue weighted by Gasteiger charge is 2.31. The molecule has 0 aliphatic carbocycles. The third kappa shape index (κ3) is 3.24. The summed E-state index contributed by atoms with van der Waals surface area (Å²) in [5.41, 5.74) is 4.84. The molecular formula is C21H26N4O. The molecule has 0 fully saturated rings. The first kappa shape index (κ1) is 17.2. The number of aromatic nitrogens is 3. The Balaban J connectivity index is 1.63. The molecule has 5 heteroatoms. The molecule has 136 valence electrons. The second kappa shape index (κ2) is 7.56. The minimum absolute atomic E-state index is 0.231. The molecule has 1 aliphatic heterocycles. The van der Waals surface area contributed by atoms with Gasteiger partial charge in [0.25, 0.3) is 0 Å². The van der Waals surface area contributed by atoms with E-state index in [4.69, 9.17) is 9.72 Å².